The number of fused-ring (bicyclic) bond motifs is 3. The van der Waals surface area contributed by atoms with Crippen molar-refractivity contribution in [3.63, 3.8) is 0 Å². The van der Waals surface area contributed by atoms with Gasteiger partial charge in [-0.3, -0.25) is 4.79 Å². The lowest BCUT2D eigenvalue weighted by atomic mass is 9.73. The highest BCUT2D eigenvalue weighted by Crippen LogP contribution is 2.56. The van der Waals surface area contributed by atoms with Crippen molar-refractivity contribution < 1.29 is 29.0 Å². The maximum absolute atomic E-state index is 13.4. The van der Waals surface area contributed by atoms with Crippen molar-refractivity contribution in [1.82, 2.24) is 4.90 Å². The number of hydrogen-bond acceptors (Lipinski definition) is 5. The van der Waals surface area contributed by atoms with Gasteiger partial charge in [-0.1, -0.05) is 24.3 Å². The Hall–Kier alpha value is -3.55. The molecule has 1 saturated heterocycles. The van der Waals surface area contributed by atoms with Gasteiger partial charge in [-0.05, 0) is 64.3 Å². The van der Waals surface area contributed by atoms with E-state index in [0.717, 1.165) is 24.0 Å². The fourth-order valence-corrected chi connectivity index (χ4v) is 5.49. The third kappa shape index (κ3) is 4.76. The number of anilines is 1. The van der Waals surface area contributed by atoms with Crippen molar-refractivity contribution in [1.29, 1.82) is 0 Å². The monoisotopic (exact) mass is 494 g/mol. The molecule has 4 rings (SSSR count). The molecule has 8 nitrogen and oxygen atoms in total. The Labute approximate surface area is 211 Å². The zero-order valence-corrected chi connectivity index (χ0v) is 21.5. The molecule has 2 aliphatic heterocycles. The molecule has 1 N–H and O–H groups in total. The van der Waals surface area contributed by atoms with Crippen LogP contribution in [-0.4, -0.2) is 46.7 Å². The number of rotatable bonds is 4. The van der Waals surface area contributed by atoms with Crippen LogP contribution in [-0.2, 0) is 9.53 Å². The summed E-state index contributed by atoms with van der Waals surface area (Å²) in [5.41, 5.74) is 1.84. The van der Waals surface area contributed by atoms with E-state index < -0.39 is 17.6 Å². The van der Waals surface area contributed by atoms with Gasteiger partial charge in [0.2, 0.25) is 5.91 Å². The van der Waals surface area contributed by atoms with Crippen LogP contribution in [0, 0.1) is 5.92 Å². The zero-order valence-electron chi connectivity index (χ0n) is 21.5. The second-order valence-corrected chi connectivity index (χ2v) is 10.3. The molecule has 0 aromatic heterocycles. The Bertz CT molecular complexity index is 1150. The maximum Gasteiger partial charge on any atom is 0.410 e. The Kier molecular flexibility index (Phi) is 6.98. The summed E-state index contributed by atoms with van der Waals surface area (Å²) in [4.78, 5) is 41.6. The molecule has 0 aliphatic carbocycles. The summed E-state index contributed by atoms with van der Waals surface area (Å²) in [6.45, 7) is 9.91. The van der Waals surface area contributed by atoms with Gasteiger partial charge in [0, 0.05) is 24.9 Å². The van der Waals surface area contributed by atoms with Gasteiger partial charge >= 0.3 is 12.1 Å². The Morgan fingerprint density at radius 3 is 2.33 bits per heavy atom. The third-order valence-electron chi connectivity index (χ3n) is 6.72. The minimum Gasteiger partial charge on any atom is -0.492 e. The van der Waals surface area contributed by atoms with Gasteiger partial charge in [0.1, 0.15) is 11.4 Å². The second-order valence-electron chi connectivity index (χ2n) is 10.3. The SMILES string of the molecule is CCOc1cccc2c1N(C(C)=O)[C@@H](c1ccc(C(=O)O)cc1)[C@H]1CCCN(C(=O)OC(C)(C)C)[C@@H]21. The molecule has 2 amide bonds. The van der Waals surface area contributed by atoms with Crippen LogP contribution in [0.5, 0.6) is 5.75 Å². The minimum atomic E-state index is -1.01. The van der Waals surface area contributed by atoms with Crippen molar-refractivity contribution in [2.75, 3.05) is 18.1 Å². The van der Waals surface area contributed by atoms with E-state index in [2.05, 4.69) is 0 Å². The summed E-state index contributed by atoms with van der Waals surface area (Å²) in [5, 5.41) is 9.39. The van der Waals surface area contributed by atoms with E-state index in [4.69, 9.17) is 9.47 Å². The third-order valence-corrected chi connectivity index (χ3v) is 6.72. The summed E-state index contributed by atoms with van der Waals surface area (Å²) in [5.74, 6) is -0.700. The number of nitrogens with zero attached hydrogens (tertiary/aromatic N) is 2. The first-order chi connectivity index (χ1) is 17.0. The largest absolute Gasteiger partial charge is 0.492 e. The number of carbonyl (C=O) groups excluding carboxylic acids is 2. The normalized spacial score (nSPS) is 21.3. The van der Waals surface area contributed by atoms with E-state index in [1.165, 1.54) is 6.92 Å². The number of para-hydroxylation sites is 1. The Morgan fingerprint density at radius 2 is 1.75 bits per heavy atom. The van der Waals surface area contributed by atoms with Crippen LogP contribution in [0.2, 0.25) is 0 Å². The van der Waals surface area contributed by atoms with Gasteiger partial charge in [-0.2, -0.15) is 0 Å². The summed E-state index contributed by atoms with van der Waals surface area (Å²) >= 11 is 0. The van der Waals surface area contributed by atoms with Crippen LogP contribution in [0.15, 0.2) is 42.5 Å². The molecule has 0 bridgehead atoms. The molecule has 2 aliphatic rings. The van der Waals surface area contributed by atoms with E-state index >= 15 is 0 Å². The van der Waals surface area contributed by atoms with E-state index in [0.29, 0.717) is 24.6 Å². The Balaban J connectivity index is 1.92. The van der Waals surface area contributed by atoms with Gasteiger partial charge < -0.3 is 24.4 Å². The molecular formula is C28H34N2O6. The van der Waals surface area contributed by atoms with Gasteiger partial charge in [0.15, 0.2) is 0 Å². The second kappa shape index (κ2) is 9.84. The van der Waals surface area contributed by atoms with E-state index in [1.54, 1.807) is 34.1 Å². The van der Waals surface area contributed by atoms with Gasteiger partial charge in [-0.15, -0.1) is 0 Å². The molecule has 0 radical (unpaired) electrons. The van der Waals surface area contributed by atoms with Crippen LogP contribution in [0.1, 0.15) is 81.0 Å². The van der Waals surface area contributed by atoms with Gasteiger partial charge in [0.05, 0.1) is 29.9 Å². The standard InChI is InChI=1S/C28H34N2O6/c1-6-35-22-11-7-9-21-24-20(10-8-16-29(24)27(34)36-28(3,4)5)23(30(17(2)31)25(21)22)18-12-14-19(15-13-18)26(32)33/h7,9,11-15,20,23-24H,6,8,10,16H2,1-5H3,(H,32,33)/t20-,23+,24-/m1/s1. The molecule has 1 fully saturated rings. The number of aromatic carboxylic acids is 1. The quantitative estimate of drug-likeness (QED) is 0.596. The van der Waals surface area contributed by atoms with Gasteiger partial charge in [-0.25, -0.2) is 9.59 Å². The lowest BCUT2D eigenvalue weighted by Crippen LogP contribution is -2.53. The first-order valence-corrected chi connectivity index (χ1v) is 12.4. The molecule has 3 atom stereocenters. The first-order valence-electron chi connectivity index (χ1n) is 12.4. The van der Waals surface area contributed by atoms with Crippen LogP contribution in [0.3, 0.4) is 0 Å². The number of hydrogen-bond donors (Lipinski definition) is 1. The highest BCUT2D eigenvalue weighted by molar-refractivity contribution is 5.96. The fourth-order valence-electron chi connectivity index (χ4n) is 5.49. The van der Waals surface area contributed by atoms with Gasteiger partial charge in [0.25, 0.3) is 0 Å². The predicted octanol–water partition coefficient (Wildman–Crippen LogP) is 5.58. The highest BCUT2D eigenvalue weighted by Gasteiger charge is 2.50. The number of carboxylic acid groups (broad SMARTS) is 1. The molecule has 8 heteroatoms. The van der Waals surface area contributed by atoms with E-state index in [9.17, 15) is 19.5 Å². The van der Waals surface area contributed by atoms with E-state index in [1.807, 2.05) is 45.9 Å². The molecule has 0 saturated carbocycles. The number of likely N-dealkylation sites (tertiary alicyclic amines) is 1. The highest BCUT2D eigenvalue weighted by atomic mass is 16.6. The lowest BCUT2D eigenvalue weighted by molar-refractivity contribution is -0.117. The number of carbonyl (C=O) groups is 3. The Morgan fingerprint density at radius 1 is 1.06 bits per heavy atom. The van der Waals surface area contributed by atoms with Crippen LogP contribution in [0.25, 0.3) is 0 Å². The van der Waals surface area contributed by atoms with Crippen molar-refractivity contribution in [2.45, 2.75) is 65.1 Å². The van der Waals surface area contributed by atoms with Crippen molar-refractivity contribution in [2.24, 2.45) is 5.92 Å². The van der Waals surface area contributed by atoms with Crippen molar-refractivity contribution >= 4 is 23.7 Å². The summed E-state index contributed by atoms with van der Waals surface area (Å²) < 4.78 is 11.8. The molecule has 0 spiro atoms. The van der Waals surface area contributed by atoms with Crippen molar-refractivity contribution in [3.8, 4) is 5.75 Å². The van der Waals surface area contributed by atoms with Crippen LogP contribution >= 0.6 is 0 Å². The average molecular weight is 495 g/mol. The zero-order chi connectivity index (χ0) is 26.2. The fraction of sp³-hybridized carbons (Fsp3) is 0.464. The summed E-state index contributed by atoms with van der Waals surface area (Å²) in [6, 6.07) is 11.6. The lowest BCUT2D eigenvalue weighted by Gasteiger charge is -2.52. The number of piperidine rings is 1. The smallest absolute Gasteiger partial charge is 0.410 e. The van der Waals surface area contributed by atoms with Crippen LogP contribution in [0.4, 0.5) is 10.5 Å². The average Bonchev–Trinajstić information content (AvgIpc) is 2.82. The molecular weight excluding hydrogens is 460 g/mol. The minimum absolute atomic E-state index is 0.116. The maximum atomic E-state index is 13.4. The predicted molar refractivity (Wildman–Crippen MR) is 135 cm³/mol. The number of benzene rings is 2. The number of ether oxygens (including phenoxy) is 2. The number of carboxylic acids is 1. The molecule has 36 heavy (non-hydrogen) atoms. The number of amides is 2. The summed E-state index contributed by atoms with van der Waals surface area (Å²) in [7, 11) is 0. The molecule has 2 aromatic rings. The molecule has 192 valence electrons. The van der Waals surface area contributed by atoms with Crippen molar-refractivity contribution in [3.05, 3.63) is 59.2 Å². The van der Waals surface area contributed by atoms with E-state index in [-0.39, 0.29) is 29.5 Å². The summed E-state index contributed by atoms with van der Waals surface area (Å²) in [6.07, 6.45) is 1.16. The molecule has 2 heterocycles. The first kappa shape index (κ1) is 25.5. The van der Waals surface area contributed by atoms with Crippen LogP contribution < -0.4 is 9.64 Å². The molecule has 2 aromatic carbocycles. The molecule has 0 unspecified atom stereocenters. The topological polar surface area (TPSA) is 96.4 Å².